The Morgan fingerprint density at radius 3 is 2.27 bits per heavy atom. The molecule has 5 rings (SSSR count). The van der Waals surface area contributed by atoms with Crippen LogP contribution in [-0.2, 0) is 147 Å². The van der Waals surface area contributed by atoms with Crippen molar-refractivity contribution in [1.29, 1.82) is 0 Å². The SMILES string of the molecule is [CH2-]C(=O)[C@]1(O)Cc2c(O)c3c(c(O)c2[C@@H](OC2CC(CC(C)(C)C)[CH-]C(C)O2)C1)C(=O)c1[c-]cccc1C3=O.[W].[W].[W].[W].[W].[W]. The average Bonchev–Trinajstić information content (AvgIpc) is 2.83. The third-order valence-corrected chi connectivity index (χ3v) is 7.80. The molecule has 5 atom stereocenters. The quantitative estimate of drug-likeness (QED) is 0.263. The molecule has 0 spiro atoms. The van der Waals surface area contributed by atoms with Crippen molar-refractivity contribution < 1.29 is 166 Å². The van der Waals surface area contributed by atoms with Crippen molar-refractivity contribution in [2.45, 2.75) is 77.5 Å². The molecule has 3 unspecified atom stereocenters. The molecule has 14 heteroatoms. The molecule has 0 amide bonds. The van der Waals surface area contributed by atoms with Crippen LogP contribution in [0.2, 0.25) is 0 Å². The van der Waals surface area contributed by atoms with Crippen LogP contribution in [0.3, 0.4) is 0 Å². The first-order valence-corrected chi connectivity index (χ1v) is 13.2. The van der Waals surface area contributed by atoms with E-state index < -0.39 is 53.3 Å². The van der Waals surface area contributed by atoms with Gasteiger partial charge in [0.1, 0.15) is 22.9 Å². The largest absolute Gasteiger partial charge is 0.508 e. The molecule has 45 heavy (non-hydrogen) atoms. The number of hydrogen-bond acceptors (Lipinski definition) is 8. The second kappa shape index (κ2) is 18.2. The smallest absolute Gasteiger partial charge is 0.155 e. The summed E-state index contributed by atoms with van der Waals surface area (Å²) in [5.41, 5.74) is -2.63. The Hall–Kier alpha value is 0.930. The molecule has 0 radical (unpaired) electrons. The number of aromatic hydroxyl groups is 2. The van der Waals surface area contributed by atoms with Gasteiger partial charge in [0.15, 0.2) is 12.1 Å². The van der Waals surface area contributed by atoms with Gasteiger partial charge in [0.25, 0.3) is 0 Å². The van der Waals surface area contributed by atoms with Gasteiger partial charge in [-0.3, -0.25) is 11.2 Å². The molecule has 244 valence electrons. The van der Waals surface area contributed by atoms with Gasteiger partial charge in [-0.1, -0.05) is 51.3 Å². The fraction of sp³-hybridized carbons (Fsp3) is 0.452. The van der Waals surface area contributed by atoms with Crippen molar-refractivity contribution in [3.63, 3.8) is 0 Å². The number of fused-ring (bicyclic) bond motifs is 3. The minimum atomic E-state index is -2.03. The number of benzene rings is 2. The number of ketones is 3. The maximum atomic E-state index is 13.4. The number of Topliss-reactive ketones (excluding diaryl/α,β-unsaturated/α-hetero) is 1. The zero-order valence-electron chi connectivity index (χ0n) is 25.0. The summed E-state index contributed by atoms with van der Waals surface area (Å²) in [6, 6.07) is 7.24. The molecule has 3 aliphatic rings. The summed E-state index contributed by atoms with van der Waals surface area (Å²) in [6.07, 6.45) is 0.709. The average molecular weight is 1640 g/mol. The van der Waals surface area contributed by atoms with Crippen LogP contribution in [0.25, 0.3) is 0 Å². The number of phenolic OH excluding ortho intramolecular Hbond substituents is 2. The Bertz CT molecular complexity index is 1400. The van der Waals surface area contributed by atoms with Crippen LogP contribution >= 0.6 is 0 Å². The zero-order valence-corrected chi connectivity index (χ0v) is 42.6. The van der Waals surface area contributed by atoms with Crippen molar-refractivity contribution >= 4 is 17.3 Å². The Balaban J connectivity index is 0. The normalized spacial score (nSPS) is 24.6. The van der Waals surface area contributed by atoms with Gasteiger partial charge in [0, 0.05) is 162 Å². The molecule has 3 N–H and O–H groups in total. The van der Waals surface area contributed by atoms with E-state index in [1.165, 1.54) is 12.1 Å². The maximum Gasteiger partial charge on any atom is 0.155 e. The van der Waals surface area contributed by atoms with Crippen molar-refractivity contribution in [2.24, 2.45) is 11.3 Å². The number of rotatable bonds is 4. The van der Waals surface area contributed by atoms with Crippen molar-refractivity contribution in [2.75, 3.05) is 0 Å². The van der Waals surface area contributed by atoms with E-state index in [0.717, 1.165) is 6.42 Å². The number of ether oxygens (including phenoxy) is 2. The number of aliphatic hydroxyl groups is 1. The third kappa shape index (κ3) is 9.59. The molecule has 2 aliphatic carbocycles. The third-order valence-electron chi connectivity index (χ3n) is 7.80. The van der Waals surface area contributed by atoms with E-state index >= 15 is 0 Å². The molecule has 1 fully saturated rings. The molecule has 1 heterocycles. The summed E-state index contributed by atoms with van der Waals surface area (Å²) in [6.45, 7) is 11.7. The number of hydrogen-bond donors (Lipinski definition) is 3. The predicted molar refractivity (Wildman–Crippen MR) is 140 cm³/mol. The summed E-state index contributed by atoms with van der Waals surface area (Å²) in [5, 5.41) is 34.1. The van der Waals surface area contributed by atoms with Gasteiger partial charge < -0.3 is 41.3 Å². The minimum absolute atomic E-state index is 0. The Morgan fingerprint density at radius 1 is 1.09 bits per heavy atom. The Kier molecular flexibility index (Phi) is 19.5. The number of phenols is 2. The molecule has 1 aliphatic heterocycles. The summed E-state index contributed by atoms with van der Waals surface area (Å²) < 4.78 is 12.3. The molecule has 8 nitrogen and oxygen atoms in total. The fourth-order valence-electron chi connectivity index (χ4n) is 6.19. The van der Waals surface area contributed by atoms with E-state index in [9.17, 15) is 29.7 Å². The van der Waals surface area contributed by atoms with Crippen molar-refractivity contribution in [1.82, 2.24) is 0 Å². The van der Waals surface area contributed by atoms with Crippen LogP contribution in [-0.4, -0.2) is 50.7 Å². The van der Waals surface area contributed by atoms with Crippen LogP contribution in [0.5, 0.6) is 11.5 Å². The van der Waals surface area contributed by atoms with Gasteiger partial charge >= 0.3 is 0 Å². The minimum Gasteiger partial charge on any atom is -0.508 e. The van der Waals surface area contributed by atoms with Gasteiger partial charge in [-0.15, -0.1) is 24.3 Å². The van der Waals surface area contributed by atoms with Crippen LogP contribution in [0.4, 0.5) is 0 Å². The Morgan fingerprint density at radius 2 is 1.69 bits per heavy atom. The van der Waals surface area contributed by atoms with Crippen molar-refractivity contribution in [3.05, 3.63) is 71.0 Å². The predicted octanol–water partition coefficient (Wildman–Crippen LogP) is 4.19. The van der Waals surface area contributed by atoms with Gasteiger partial charge in [0.2, 0.25) is 0 Å². The van der Waals surface area contributed by atoms with Gasteiger partial charge in [-0.05, 0) is 11.8 Å². The van der Waals surface area contributed by atoms with Gasteiger partial charge in [0.05, 0.1) is 11.7 Å². The van der Waals surface area contributed by atoms with E-state index in [1.807, 2.05) is 6.92 Å². The molecule has 2 aromatic carbocycles. The van der Waals surface area contributed by atoms with E-state index in [4.69, 9.17) is 9.47 Å². The molecular weight excluding hydrogens is 1600 g/mol. The second-order valence-electron chi connectivity index (χ2n) is 12.1. The summed E-state index contributed by atoms with van der Waals surface area (Å²) in [4.78, 5) is 39.2. The summed E-state index contributed by atoms with van der Waals surface area (Å²) in [5.74, 6) is -3.04. The van der Waals surface area contributed by atoms with Crippen molar-refractivity contribution in [3.8, 4) is 11.5 Å². The summed E-state index contributed by atoms with van der Waals surface area (Å²) in [7, 11) is 0. The van der Waals surface area contributed by atoms with E-state index in [1.54, 1.807) is 6.07 Å². The van der Waals surface area contributed by atoms with Gasteiger partial charge in [-0.25, -0.2) is 0 Å². The number of carbonyl (C=O) groups excluding carboxylic acids is 3. The number of carbonyl (C=O) groups is 3. The topological polar surface area (TPSA) is 130 Å². The summed E-state index contributed by atoms with van der Waals surface area (Å²) >= 11 is 0. The van der Waals surface area contributed by atoms with E-state index in [0.29, 0.717) is 6.42 Å². The van der Waals surface area contributed by atoms with Crippen LogP contribution in [0.15, 0.2) is 18.2 Å². The first-order valence-electron chi connectivity index (χ1n) is 13.2. The fourth-order valence-corrected chi connectivity index (χ4v) is 6.19. The first-order chi connectivity index (χ1) is 18.2. The molecule has 2 aromatic rings. The van der Waals surface area contributed by atoms with E-state index in [2.05, 4.69) is 40.2 Å². The first kappa shape index (κ1) is 48.0. The second-order valence-corrected chi connectivity index (χ2v) is 12.1. The molecular formula is C31H33O8W6-3. The zero-order chi connectivity index (χ0) is 28.4. The van der Waals surface area contributed by atoms with Gasteiger partial charge in [-0.2, -0.15) is 5.92 Å². The van der Waals surface area contributed by atoms with Crippen LogP contribution < -0.4 is 0 Å². The van der Waals surface area contributed by atoms with E-state index in [-0.39, 0.29) is 184 Å². The molecule has 0 saturated carbocycles. The maximum absolute atomic E-state index is 13.4. The molecule has 0 aromatic heterocycles. The molecule has 0 bridgehead atoms. The monoisotopic (exact) mass is 1640 g/mol. The molecule has 1 saturated heterocycles. The van der Waals surface area contributed by atoms with Crippen LogP contribution in [0.1, 0.15) is 96.0 Å². The van der Waals surface area contributed by atoms with Crippen LogP contribution in [0, 0.1) is 30.7 Å². The Labute approximate surface area is 350 Å². The standard InChI is InChI=1S/C31H33O8.6W/c1-15-10-17(12-30(3,4)5)11-22(38-15)39-21-14-31(37,16(2)32)13-20-23(21)29(36)25-24(28(20)35)26(33)18-8-6-7-9-19(18)27(25)34;;;;;;/h6-8,10,15,17,21-22,35-37H,2,11-14H2,1,3-5H3;;;;;;/q-3;;;;;;/t15?,17?,21-,22?,31-;;;;;;/m0....../s1.